The van der Waals surface area contributed by atoms with Gasteiger partial charge in [-0.05, 0) is 46.9 Å². The summed E-state index contributed by atoms with van der Waals surface area (Å²) in [5.41, 5.74) is 1.80. The monoisotopic (exact) mass is 398 g/mol. The topological polar surface area (TPSA) is 54.7 Å². The molecule has 6 heteroatoms. The van der Waals surface area contributed by atoms with E-state index in [1.807, 2.05) is 46.9 Å². The molecule has 0 radical (unpaired) electrons. The average Bonchev–Trinajstić information content (AvgIpc) is 2.95. The van der Waals surface area contributed by atoms with Crippen LogP contribution in [0.15, 0.2) is 40.8 Å². The fourth-order valence-corrected chi connectivity index (χ4v) is 2.70. The van der Waals surface area contributed by atoms with Crippen molar-refractivity contribution in [2.24, 2.45) is 0 Å². The second-order valence-electron chi connectivity index (χ2n) is 4.67. The van der Waals surface area contributed by atoms with Gasteiger partial charge in [0.2, 0.25) is 0 Å². The van der Waals surface area contributed by atoms with Gasteiger partial charge in [-0.3, -0.25) is 4.79 Å². The smallest absolute Gasteiger partial charge is 0.291 e. The van der Waals surface area contributed by atoms with Crippen molar-refractivity contribution in [3.05, 3.63) is 45.9 Å². The SMILES string of the molecule is O=C(Nc1ccccc1N1CCOCC1)c1ccc(I)o1. The number of hydrogen-bond acceptors (Lipinski definition) is 4. The first-order valence-electron chi connectivity index (χ1n) is 6.72. The van der Waals surface area contributed by atoms with Crippen LogP contribution in [0.1, 0.15) is 10.6 Å². The highest BCUT2D eigenvalue weighted by Gasteiger charge is 2.17. The minimum absolute atomic E-state index is 0.237. The van der Waals surface area contributed by atoms with Crippen LogP contribution in [-0.2, 0) is 4.74 Å². The number of hydrogen-bond donors (Lipinski definition) is 1. The third-order valence-electron chi connectivity index (χ3n) is 3.30. The number of rotatable bonds is 3. The molecule has 1 aromatic carbocycles. The summed E-state index contributed by atoms with van der Waals surface area (Å²) in [6.45, 7) is 3.06. The summed E-state index contributed by atoms with van der Waals surface area (Å²) in [6.07, 6.45) is 0. The molecule has 1 aliphatic heterocycles. The van der Waals surface area contributed by atoms with E-state index >= 15 is 0 Å². The maximum Gasteiger partial charge on any atom is 0.291 e. The fraction of sp³-hybridized carbons (Fsp3) is 0.267. The molecular formula is C15H15IN2O3. The van der Waals surface area contributed by atoms with E-state index < -0.39 is 0 Å². The Hall–Kier alpha value is -1.54. The summed E-state index contributed by atoms with van der Waals surface area (Å²) in [5, 5.41) is 2.92. The number of ether oxygens (including phenoxy) is 1. The highest BCUT2D eigenvalue weighted by atomic mass is 127. The molecule has 1 aromatic heterocycles. The van der Waals surface area contributed by atoms with Gasteiger partial charge >= 0.3 is 0 Å². The normalized spacial score (nSPS) is 15.0. The third-order valence-corrected chi connectivity index (χ3v) is 3.88. The Kier molecular flexibility index (Phi) is 4.45. The molecular weight excluding hydrogens is 383 g/mol. The molecule has 1 saturated heterocycles. The number of amides is 1. The molecule has 2 heterocycles. The van der Waals surface area contributed by atoms with Crippen molar-refractivity contribution in [2.45, 2.75) is 0 Å². The maximum atomic E-state index is 12.2. The summed E-state index contributed by atoms with van der Waals surface area (Å²) in [6, 6.07) is 11.2. The predicted octanol–water partition coefficient (Wildman–Crippen LogP) is 2.97. The molecule has 1 N–H and O–H groups in total. The van der Waals surface area contributed by atoms with E-state index in [4.69, 9.17) is 9.15 Å². The first-order valence-corrected chi connectivity index (χ1v) is 7.80. The van der Waals surface area contributed by atoms with Crippen LogP contribution in [0.5, 0.6) is 0 Å². The number of furan rings is 1. The van der Waals surface area contributed by atoms with Gasteiger partial charge in [0.1, 0.15) is 0 Å². The van der Waals surface area contributed by atoms with Gasteiger partial charge in [0, 0.05) is 13.1 Å². The zero-order valence-corrected chi connectivity index (χ0v) is 13.5. The van der Waals surface area contributed by atoms with E-state index in [-0.39, 0.29) is 5.91 Å². The number of benzene rings is 1. The molecule has 0 saturated carbocycles. The molecule has 1 amide bonds. The van der Waals surface area contributed by atoms with Crippen molar-refractivity contribution in [1.82, 2.24) is 0 Å². The zero-order valence-electron chi connectivity index (χ0n) is 11.3. The molecule has 1 aliphatic rings. The highest BCUT2D eigenvalue weighted by molar-refractivity contribution is 14.1. The first kappa shape index (κ1) is 14.4. The Morgan fingerprint density at radius 3 is 2.62 bits per heavy atom. The Balaban J connectivity index is 1.80. The second-order valence-corrected chi connectivity index (χ2v) is 5.74. The van der Waals surface area contributed by atoms with Crippen LogP contribution in [0.4, 0.5) is 11.4 Å². The molecule has 3 rings (SSSR count). The number of nitrogens with one attached hydrogen (secondary N) is 1. The summed E-state index contributed by atoms with van der Waals surface area (Å²) >= 11 is 2.04. The number of para-hydroxylation sites is 2. The van der Waals surface area contributed by atoms with Crippen molar-refractivity contribution < 1.29 is 13.9 Å². The maximum absolute atomic E-state index is 12.2. The summed E-state index contributed by atoms with van der Waals surface area (Å²) in [4.78, 5) is 14.4. The van der Waals surface area contributed by atoms with Crippen LogP contribution in [0.2, 0.25) is 0 Å². The predicted molar refractivity (Wildman–Crippen MR) is 88.9 cm³/mol. The Bertz CT molecular complexity index is 635. The van der Waals surface area contributed by atoms with E-state index in [0.717, 1.165) is 24.5 Å². The van der Waals surface area contributed by atoms with Crippen LogP contribution in [0, 0.1) is 3.77 Å². The standard InChI is InChI=1S/C15H15IN2O3/c16-14-6-5-13(21-14)15(19)17-11-3-1-2-4-12(11)18-7-9-20-10-8-18/h1-6H,7-10H2,(H,17,19). The number of carbonyl (C=O) groups excluding carboxylic acids is 1. The average molecular weight is 398 g/mol. The van der Waals surface area contributed by atoms with E-state index in [1.165, 1.54) is 0 Å². The number of halogens is 1. The lowest BCUT2D eigenvalue weighted by molar-refractivity contribution is 0.0995. The van der Waals surface area contributed by atoms with Crippen LogP contribution < -0.4 is 10.2 Å². The molecule has 21 heavy (non-hydrogen) atoms. The fourth-order valence-electron chi connectivity index (χ4n) is 2.28. The number of morpholine rings is 1. The van der Waals surface area contributed by atoms with Gasteiger partial charge in [0.05, 0.1) is 24.6 Å². The van der Waals surface area contributed by atoms with Crippen molar-refractivity contribution >= 4 is 39.9 Å². The van der Waals surface area contributed by atoms with E-state index in [1.54, 1.807) is 12.1 Å². The second kappa shape index (κ2) is 6.48. The highest BCUT2D eigenvalue weighted by Crippen LogP contribution is 2.27. The number of anilines is 2. The lowest BCUT2D eigenvalue weighted by atomic mass is 10.2. The molecule has 0 bridgehead atoms. The van der Waals surface area contributed by atoms with Gasteiger partial charge in [0.15, 0.2) is 9.53 Å². The lowest BCUT2D eigenvalue weighted by Gasteiger charge is -2.30. The Morgan fingerprint density at radius 1 is 1.14 bits per heavy atom. The van der Waals surface area contributed by atoms with Crippen LogP contribution >= 0.6 is 22.6 Å². The number of carbonyl (C=O) groups is 1. The largest absolute Gasteiger partial charge is 0.445 e. The Morgan fingerprint density at radius 2 is 1.90 bits per heavy atom. The van der Waals surface area contributed by atoms with Crippen LogP contribution in [0.25, 0.3) is 0 Å². The third kappa shape index (κ3) is 3.38. The van der Waals surface area contributed by atoms with E-state index in [2.05, 4.69) is 10.2 Å². The van der Waals surface area contributed by atoms with Gasteiger partial charge in [-0.2, -0.15) is 0 Å². The molecule has 1 fully saturated rings. The summed E-state index contributed by atoms with van der Waals surface area (Å²) < 4.78 is 11.4. The van der Waals surface area contributed by atoms with E-state index in [9.17, 15) is 4.79 Å². The van der Waals surface area contributed by atoms with Crippen LogP contribution in [0.3, 0.4) is 0 Å². The van der Waals surface area contributed by atoms with Gasteiger partial charge in [-0.1, -0.05) is 12.1 Å². The van der Waals surface area contributed by atoms with Crippen molar-refractivity contribution in [1.29, 1.82) is 0 Å². The minimum Gasteiger partial charge on any atom is -0.445 e. The van der Waals surface area contributed by atoms with Gasteiger partial charge < -0.3 is 19.4 Å². The lowest BCUT2D eigenvalue weighted by Crippen LogP contribution is -2.36. The van der Waals surface area contributed by atoms with Crippen molar-refractivity contribution in [2.75, 3.05) is 36.5 Å². The molecule has 2 aromatic rings. The summed E-state index contributed by atoms with van der Waals surface area (Å²) in [7, 11) is 0. The van der Waals surface area contributed by atoms with Gasteiger partial charge in [-0.15, -0.1) is 0 Å². The van der Waals surface area contributed by atoms with Crippen molar-refractivity contribution in [3.63, 3.8) is 0 Å². The number of nitrogens with zero attached hydrogens (tertiary/aromatic N) is 1. The van der Waals surface area contributed by atoms with Crippen LogP contribution in [-0.4, -0.2) is 32.2 Å². The van der Waals surface area contributed by atoms with Crippen molar-refractivity contribution in [3.8, 4) is 0 Å². The minimum atomic E-state index is -0.237. The van der Waals surface area contributed by atoms with Gasteiger partial charge in [-0.25, -0.2) is 0 Å². The Labute approximate surface area is 136 Å². The first-order chi connectivity index (χ1) is 10.2. The van der Waals surface area contributed by atoms with Gasteiger partial charge in [0.25, 0.3) is 5.91 Å². The zero-order chi connectivity index (χ0) is 14.7. The molecule has 0 aliphatic carbocycles. The summed E-state index contributed by atoms with van der Waals surface area (Å²) in [5.74, 6) is 0.0785. The molecule has 0 spiro atoms. The van der Waals surface area contributed by atoms with E-state index in [0.29, 0.717) is 22.7 Å². The molecule has 5 nitrogen and oxygen atoms in total. The molecule has 0 atom stereocenters. The quantitative estimate of drug-likeness (QED) is 0.808. The molecule has 110 valence electrons. The molecule has 0 unspecified atom stereocenters.